The summed E-state index contributed by atoms with van der Waals surface area (Å²) in [4.78, 5) is 56.5. The third-order valence-electron chi connectivity index (χ3n) is 7.94. The SMILES string of the molecule is C1COCOC1.C[C@@H]1NC(=O)[C@H](C2CC2)OC(=O)C/C=C/c2ccc3ccc(nc3c2)[C@@H](C)NC(=O)[C@@H]2CCCN(N2)C1=O. The molecule has 1 aromatic heterocycles. The van der Waals surface area contributed by atoms with Crippen LogP contribution >= 0.6 is 0 Å². The molecule has 6 rings (SSSR count). The second kappa shape index (κ2) is 14.7. The molecule has 1 aromatic carbocycles. The number of hydrazine groups is 1. The molecule has 1 aliphatic carbocycles. The van der Waals surface area contributed by atoms with Crippen LogP contribution in [0.2, 0.25) is 0 Å². The highest BCUT2D eigenvalue weighted by Crippen LogP contribution is 2.35. The molecule has 12 heteroatoms. The lowest BCUT2D eigenvalue weighted by molar-refractivity contribution is -0.157. The summed E-state index contributed by atoms with van der Waals surface area (Å²) in [7, 11) is 0. The third-order valence-corrected chi connectivity index (χ3v) is 7.94. The fourth-order valence-electron chi connectivity index (χ4n) is 5.29. The molecular weight excluding hydrogens is 566 g/mol. The zero-order valence-corrected chi connectivity index (χ0v) is 25.3. The standard InChI is InChI=1S/C28H33N5O5.C4H8O2/c1-16-21-13-12-19-9-8-18(15-23(19)31-21)5-3-7-24(34)38-25(20-10-11-20)27(36)30-17(2)28(37)33-14-4-6-22(32-33)26(35)29-16;1-2-5-4-6-3-1/h3,5,8-9,12-13,15-17,20,22,25,32H,4,6-7,10-11,14H2,1-2H3,(H,29,35)(H,30,36);1-4H2/b5-3+;/t16-,17+,22+,25+;/m1./s1. The van der Waals surface area contributed by atoms with Crippen LogP contribution in [0.5, 0.6) is 0 Å². The number of nitrogens with zero attached hydrogens (tertiary/aromatic N) is 2. The smallest absolute Gasteiger partial charge is 0.310 e. The van der Waals surface area contributed by atoms with E-state index in [1.807, 2.05) is 43.3 Å². The number of fused-ring (bicyclic) bond motifs is 4. The maximum absolute atomic E-state index is 13.1. The normalized spacial score (nSPS) is 27.8. The van der Waals surface area contributed by atoms with Gasteiger partial charge in [0.15, 0.2) is 6.10 Å². The first-order chi connectivity index (χ1) is 21.3. The van der Waals surface area contributed by atoms with Crippen LogP contribution in [0.3, 0.4) is 0 Å². The van der Waals surface area contributed by atoms with E-state index >= 15 is 0 Å². The average Bonchev–Trinajstić information content (AvgIpc) is 3.89. The minimum Gasteiger partial charge on any atom is -0.452 e. The number of carbonyl (C=O) groups excluding carboxylic acids is 4. The van der Waals surface area contributed by atoms with Crippen molar-refractivity contribution in [3.63, 3.8) is 0 Å². The van der Waals surface area contributed by atoms with Crippen LogP contribution in [0.25, 0.3) is 17.0 Å². The van der Waals surface area contributed by atoms with Gasteiger partial charge in [0.2, 0.25) is 5.91 Å². The molecule has 12 nitrogen and oxygen atoms in total. The second-order valence-electron chi connectivity index (χ2n) is 11.6. The van der Waals surface area contributed by atoms with Crippen molar-refractivity contribution in [2.75, 3.05) is 26.6 Å². The van der Waals surface area contributed by atoms with Crippen LogP contribution in [0.4, 0.5) is 0 Å². The number of aromatic nitrogens is 1. The largest absolute Gasteiger partial charge is 0.452 e. The Labute approximate surface area is 256 Å². The molecule has 4 heterocycles. The molecule has 0 unspecified atom stereocenters. The van der Waals surface area contributed by atoms with Crippen molar-refractivity contribution in [3.8, 4) is 0 Å². The first kappa shape index (κ1) is 31.6. The summed E-state index contributed by atoms with van der Waals surface area (Å²) in [5, 5.41) is 8.07. The van der Waals surface area contributed by atoms with Crippen LogP contribution in [0.15, 0.2) is 36.4 Å². The number of amides is 3. The molecule has 3 amide bonds. The Kier molecular flexibility index (Phi) is 10.6. The van der Waals surface area contributed by atoms with Gasteiger partial charge in [-0.15, -0.1) is 0 Å². The van der Waals surface area contributed by atoms with Gasteiger partial charge >= 0.3 is 5.97 Å². The fraction of sp³-hybridized carbons (Fsp3) is 0.531. The van der Waals surface area contributed by atoms with Gasteiger partial charge in [0.1, 0.15) is 18.9 Å². The maximum atomic E-state index is 13.1. The Hall–Kier alpha value is -3.87. The molecule has 2 saturated heterocycles. The Morgan fingerprint density at radius 1 is 0.886 bits per heavy atom. The molecule has 236 valence electrons. The van der Waals surface area contributed by atoms with E-state index in [-0.39, 0.29) is 30.2 Å². The number of hydrogen-bond donors (Lipinski definition) is 3. The monoisotopic (exact) mass is 607 g/mol. The third kappa shape index (κ3) is 8.40. The molecule has 3 aliphatic heterocycles. The summed E-state index contributed by atoms with van der Waals surface area (Å²) in [5.74, 6) is -1.61. The Balaban J connectivity index is 0.000000573. The van der Waals surface area contributed by atoms with Crippen LogP contribution in [-0.4, -0.2) is 78.4 Å². The van der Waals surface area contributed by atoms with Crippen LogP contribution < -0.4 is 16.1 Å². The molecule has 44 heavy (non-hydrogen) atoms. The van der Waals surface area contributed by atoms with E-state index in [0.29, 0.717) is 31.9 Å². The first-order valence-electron chi connectivity index (χ1n) is 15.4. The van der Waals surface area contributed by atoms with E-state index in [2.05, 4.69) is 16.1 Å². The van der Waals surface area contributed by atoms with Crippen molar-refractivity contribution in [2.45, 2.75) is 76.6 Å². The van der Waals surface area contributed by atoms with Gasteiger partial charge in [-0.1, -0.05) is 30.4 Å². The number of nitrogens with one attached hydrogen (secondary N) is 3. The van der Waals surface area contributed by atoms with Crippen LogP contribution in [-0.2, 0) is 33.4 Å². The zero-order valence-electron chi connectivity index (χ0n) is 25.3. The number of ether oxygens (including phenoxy) is 3. The van der Waals surface area contributed by atoms with Gasteiger partial charge in [0, 0.05) is 17.8 Å². The van der Waals surface area contributed by atoms with Gasteiger partial charge in [0.05, 0.1) is 36.9 Å². The summed E-state index contributed by atoms with van der Waals surface area (Å²) in [6.45, 7) is 6.13. The van der Waals surface area contributed by atoms with Gasteiger partial charge in [-0.2, -0.15) is 0 Å². The Morgan fingerprint density at radius 3 is 2.34 bits per heavy atom. The number of hydrogen-bond acceptors (Lipinski definition) is 9. The molecule has 3 fully saturated rings. The number of cyclic esters (lactones) is 1. The zero-order chi connectivity index (χ0) is 31.1. The summed E-state index contributed by atoms with van der Waals surface area (Å²) >= 11 is 0. The van der Waals surface area contributed by atoms with E-state index in [0.717, 1.165) is 48.9 Å². The molecule has 3 N–H and O–H groups in total. The molecule has 5 bridgehead atoms. The number of carbonyl (C=O) groups is 4. The van der Waals surface area contributed by atoms with Crippen LogP contribution in [0, 0.1) is 5.92 Å². The van der Waals surface area contributed by atoms with Gasteiger partial charge in [-0.3, -0.25) is 29.2 Å². The lowest BCUT2D eigenvalue weighted by Crippen LogP contribution is -2.61. The number of benzene rings is 1. The second-order valence-corrected chi connectivity index (χ2v) is 11.6. The molecule has 0 spiro atoms. The molecule has 4 aliphatic rings. The highest BCUT2D eigenvalue weighted by atomic mass is 16.7. The predicted molar refractivity (Wildman–Crippen MR) is 161 cm³/mol. The van der Waals surface area contributed by atoms with E-state index in [1.165, 1.54) is 5.01 Å². The van der Waals surface area contributed by atoms with E-state index < -0.39 is 30.1 Å². The minimum atomic E-state index is -0.933. The van der Waals surface area contributed by atoms with Crippen LogP contribution in [0.1, 0.15) is 69.7 Å². The average molecular weight is 608 g/mol. The molecule has 4 atom stereocenters. The number of pyridine rings is 1. The van der Waals surface area contributed by atoms with Crippen molar-refractivity contribution in [2.24, 2.45) is 5.92 Å². The van der Waals surface area contributed by atoms with E-state index in [4.69, 9.17) is 19.2 Å². The Bertz CT molecular complexity index is 1380. The molecule has 0 radical (unpaired) electrons. The quantitative estimate of drug-likeness (QED) is 0.416. The lowest BCUT2D eigenvalue weighted by atomic mass is 10.1. The topological polar surface area (TPSA) is 148 Å². The number of rotatable bonds is 1. The van der Waals surface area contributed by atoms with Crippen molar-refractivity contribution < 1.29 is 33.4 Å². The highest BCUT2D eigenvalue weighted by Gasteiger charge is 2.40. The molecule has 2 aromatic rings. The van der Waals surface area contributed by atoms with Gasteiger partial charge in [-0.05, 0) is 63.6 Å². The number of esters is 1. The van der Waals surface area contributed by atoms with E-state index in [9.17, 15) is 19.2 Å². The predicted octanol–water partition coefficient (Wildman–Crippen LogP) is 2.53. The summed E-state index contributed by atoms with van der Waals surface area (Å²) < 4.78 is 15.2. The van der Waals surface area contributed by atoms with Crippen molar-refractivity contribution in [3.05, 3.63) is 47.7 Å². The van der Waals surface area contributed by atoms with Crippen molar-refractivity contribution in [1.82, 2.24) is 26.1 Å². The minimum absolute atomic E-state index is 0.0125. The summed E-state index contributed by atoms with van der Waals surface area (Å²) in [6, 6.07) is 7.87. The van der Waals surface area contributed by atoms with Gasteiger partial charge in [-0.25, -0.2) is 5.43 Å². The maximum Gasteiger partial charge on any atom is 0.310 e. The van der Waals surface area contributed by atoms with Crippen molar-refractivity contribution in [1.29, 1.82) is 0 Å². The van der Waals surface area contributed by atoms with Gasteiger partial charge < -0.3 is 24.8 Å². The summed E-state index contributed by atoms with van der Waals surface area (Å²) in [6.07, 6.45) is 6.44. The van der Waals surface area contributed by atoms with E-state index in [1.54, 1.807) is 13.0 Å². The summed E-state index contributed by atoms with van der Waals surface area (Å²) in [5.41, 5.74) is 5.37. The molecular formula is C32H41N5O7. The first-order valence-corrected chi connectivity index (χ1v) is 15.4. The lowest BCUT2D eigenvalue weighted by Gasteiger charge is -2.35. The fourth-order valence-corrected chi connectivity index (χ4v) is 5.29. The highest BCUT2D eigenvalue weighted by molar-refractivity contribution is 5.91. The molecule has 1 saturated carbocycles. The van der Waals surface area contributed by atoms with Gasteiger partial charge in [0.25, 0.3) is 11.8 Å². The van der Waals surface area contributed by atoms with Crippen molar-refractivity contribution >= 4 is 40.7 Å². The Morgan fingerprint density at radius 2 is 1.64 bits per heavy atom.